The minimum Gasteiger partial charge on any atom is -0.476 e. The quantitative estimate of drug-likeness (QED) is 0.923. The smallest absolute Gasteiger partial charge is 0.356 e. The number of aromatic nitrogens is 2. The molecule has 20 heavy (non-hydrogen) atoms. The van der Waals surface area contributed by atoms with Gasteiger partial charge in [0, 0.05) is 11.3 Å². The Balaban J connectivity index is 2.20. The van der Waals surface area contributed by atoms with Crippen molar-refractivity contribution in [2.75, 3.05) is 0 Å². The zero-order valence-electron chi connectivity index (χ0n) is 11.1. The van der Waals surface area contributed by atoms with Gasteiger partial charge in [0.2, 0.25) is 0 Å². The highest BCUT2D eigenvalue weighted by molar-refractivity contribution is 6.32. The fourth-order valence-corrected chi connectivity index (χ4v) is 3.00. The van der Waals surface area contributed by atoms with Gasteiger partial charge in [0.05, 0.1) is 10.7 Å². The zero-order valence-corrected chi connectivity index (χ0v) is 11.9. The largest absolute Gasteiger partial charge is 0.476 e. The average molecular weight is 291 g/mol. The molecular weight excluding hydrogens is 276 g/mol. The lowest BCUT2D eigenvalue weighted by atomic mass is 9.87. The molecule has 0 radical (unpaired) electrons. The molecule has 4 nitrogen and oxygen atoms in total. The Morgan fingerprint density at radius 2 is 2.20 bits per heavy atom. The molecule has 1 heterocycles. The lowest BCUT2D eigenvalue weighted by Gasteiger charge is -2.19. The Morgan fingerprint density at radius 1 is 1.45 bits per heavy atom. The molecule has 0 amide bonds. The number of aromatic carboxylic acids is 1. The minimum atomic E-state index is -0.971. The maximum Gasteiger partial charge on any atom is 0.356 e. The molecule has 0 bridgehead atoms. The van der Waals surface area contributed by atoms with Crippen LogP contribution in [-0.2, 0) is 12.8 Å². The molecule has 0 saturated heterocycles. The Labute approximate surface area is 122 Å². The second-order valence-corrected chi connectivity index (χ2v) is 5.70. The van der Waals surface area contributed by atoms with Crippen molar-refractivity contribution in [1.29, 1.82) is 0 Å². The monoisotopic (exact) mass is 290 g/mol. The van der Waals surface area contributed by atoms with Crippen LogP contribution in [0, 0.1) is 5.92 Å². The van der Waals surface area contributed by atoms with Gasteiger partial charge in [-0.25, -0.2) is 9.48 Å². The molecule has 0 spiro atoms. The van der Waals surface area contributed by atoms with Crippen LogP contribution in [0.4, 0.5) is 0 Å². The second kappa shape index (κ2) is 4.94. The van der Waals surface area contributed by atoms with Gasteiger partial charge >= 0.3 is 5.97 Å². The fourth-order valence-electron chi connectivity index (χ4n) is 2.78. The van der Waals surface area contributed by atoms with Gasteiger partial charge in [-0.15, -0.1) is 0 Å². The van der Waals surface area contributed by atoms with Crippen LogP contribution in [0.3, 0.4) is 0 Å². The molecule has 0 aliphatic heterocycles. The second-order valence-electron chi connectivity index (χ2n) is 5.29. The number of carboxylic acids is 1. The van der Waals surface area contributed by atoms with Crippen molar-refractivity contribution in [3.8, 4) is 5.69 Å². The first-order valence-corrected chi connectivity index (χ1v) is 7.04. The minimum absolute atomic E-state index is 0.159. The molecule has 104 valence electrons. The number of fused-ring (bicyclic) bond motifs is 1. The predicted octanol–water partition coefficient (Wildman–Crippen LogP) is 3.35. The number of carboxylic acid groups (broad SMARTS) is 1. The molecule has 0 fully saturated rings. The van der Waals surface area contributed by atoms with Crippen molar-refractivity contribution in [2.24, 2.45) is 5.92 Å². The van der Waals surface area contributed by atoms with Crippen LogP contribution in [0.2, 0.25) is 5.02 Å². The average Bonchev–Trinajstić information content (AvgIpc) is 2.78. The summed E-state index contributed by atoms with van der Waals surface area (Å²) >= 11 is 6.21. The molecule has 3 rings (SSSR count). The number of carbonyl (C=O) groups is 1. The van der Waals surface area contributed by atoms with Gasteiger partial charge in [-0.1, -0.05) is 30.7 Å². The van der Waals surface area contributed by atoms with Crippen LogP contribution in [0.25, 0.3) is 5.69 Å². The van der Waals surface area contributed by atoms with Crippen LogP contribution in [0.15, 0.2) is 24.3 Å². The van der Waals surface area contributed by atoms with Gasteiger partial charge in [0.1, 0.15) is 0 Å². The predicted molar refractivity (Wildman–Crippen MR) is 76.7 cm³/mol. The number of halogens is 1. The molecule has 1 N–H and O–H groups in total. The summed E-state index contributed by atoms with van der Waals surface area (Å²) in [7, 11) is 0. The third-order valence-corrected chi connectivity index (χ3v) is 4.12. The van der Waals surface area contributed by atoms with Gasteiger partial charge < -0.3 is 5.11 Å². The van der Waals surface area contributed by atoms with Gasteiger partial charge in [-0.05, 0) is 37.3 Å². The highest BCUT2D eigenvalue weighted by Crippen LogP contribution is 2.31. The van der Waals surface area contributed by atoms with E-state index in [4.69, 9.17) is 11.6 Å². The van der Waals surface area contributed by atoms with Gasteiger partial charge in [-0.3, -0.25) is 0 Å². The normalized spacial score (nSPS) is 17.8. The maximum atomic E-state index is 11.4. The van der Waals surface area contributed by atoms with Gasteiger partial charge in [0.15, 0.2) is 5.69 Å². The number of hydrogen-bond donors (Lipinski definition) is 1. The Morgan fingerprint density at radius 3 is 2.90 bits per heavy atom. The van der Waals surface area contributed by atoms with Crippen molar-refractivity contribution in [1.82, 2.24) is 9.78 Å². The lowest BCUT2D eigenvalue weighted by molar-refractivity contribution is 0.0688. The molecule has 0 saturated carbocycles. The van der Waals surface area contributed by atoms with Crippen molar-refractivity contribution in [2.45, 2.75) is 26.2 Å². The fraction of sp³-hybridized carbons (Fsp3) is 0.333. The van der Waals surface area contributed by atoms with E-state index in [1.54, 1.807) is 10.7 Å². The first kappa shape index (κ1) is 13.2. The number of benzene rings is 1. The van der Waals surface area contributed by atoms with Crippen molar-refractivity contribution in [3.05, 3.63) is 46.2 Å². The number of para-hydroxylation sites is 1. The molecule has 1 aromatic carbocycles. The summed E-state index contributed by atoms with van der Waals surface area (Å²) in [5, 5.41) is 14.2. The molecule has 5 heteroatoms. The summed E-state index contributed by atoms with van der Waals surface area (Å²) in [5.74, 6) is -0.481. The van der Waals surface area contributed by atoms with Crippen LogP contribution in [-0.4, -0.2) is 20.9 Å². The van der Waals surface area contributed by atoms with Crippen molar-refractivity contribution >= 4 is 17.6 Å². The molecular formula is C15H15ClN2O2. The summed E-state index contributed by atoms with van der Waals surface area (Å²) in [5.41, 5.74) is 2.74. The van der Waals surface area contributed by atoms with E-state index >= 15 is 0 Å². The SMILES string of the molecule is CC1CCc2c(c(C(=O)O)nn2-c2ccccc2Cl)C1. The highest BCUT2D eigenvalue weighted by atomic mass is 35.5. The van der Waals surface area contributed by atoms with Gasteiger partial charge in [-0.2, -0.15) is 5.10 Å². The number of nitrogens with zero attached hydrogens (tertiary/aromatic N) is 2. The lowest BCUT2D eigenvalue weighted by Crippen LogP contribution is -2.14. The Kier molecular flexibility index (Phi) is 3.26. The van der Waals surface area contributed by atoms with Crippen LogP contribution >= 0.6 is 11.6 Å². The topological polar surface area (TPSA) is 55.1 Å². The van der Waals surface area contributed by atoms with E-state index in [9.17, 15) is 9.90 Å². The van der Waals surface area contributed by atoms with Crippen LogP contribution in [0.5, 0.6) is 0 Å². The molecule has 1 aromatic heterocycles. The van der Waals surface area contributed by atoms with Crippen molar-refractivity contribution in [3.63, 3.8) is 0 Å². The first-order valence-electron chi connectivity index (χ1n) is 6.67. The van der Waals surface area contributed by atoms with Crippen molar-refractivity contribution < 1.29 is 9.90 Å². The summed E-state index contributed by atoms with van der Waals surface area (Å²) < 4.78 is 1.70. The molecule has 1 atom stereocenters. The Hall–Kier alpha value is -1.81. The summed E-state index contributed by atoms with van der Waals surface area (Å²) in [6.07, 6.45) is 2.64. The standard InChI is InChI=1S/C15H15ClN2O2/c1-9-6-7-12-10(8-9)14(15(19)20)17-18(12)13-5-3-2-4-11(13)16/h2-5,9H,6-8H2,1H3,(H,19,20). The summed E-state index contributed by atoms with van der Waals surface area (Å²) in [6, 6.07) is 7.37. The molecule has 1 aliphatic carbocycles. The molecule has 1 aliphatic rings. The molecule has 1 unspecified atom stereocenters. The molecule has 2 aromatic rings. The number of rotatable bonds is 2. The summed E-state index contributed by atoms with van der Waals surface area (Å²) in [4.78, 5) is 11.4. The Bertz CT molecular complexity index is 679. The van der Waals surface area contributed by atoms with E-state index in [0.29, 0.717) is 10.9 Å². The zero-order chi connectivity index (χ0) is 14.3. The van der Waals surface area contributed by atoms with E-state index in [1.807, 2.05) is 18.2 Å². The van der Waals surface area contributed by atoms with E-state index in [2.05, 4.69) is 12.0 Å². The summed E-state index contributed by atoms with van der Waals surface area (Å²) in [6.45, 7) is 2.14. The highest BCUT2D eigenvalue weighted by Gasteiger charge is 2.28. The maximum absolute atomic E-state index is 11.4. The van der Waals surface area contributed by atoms with Gasteiger partial charge in [0.25, 0.3) is 0 Å². The third kappa shape index (κ3) is 2.10. The van der Waals surface area contributed by atoms with E-state index in [1.165, 1.54) is 0 Å². The number of hydrogen-bond acceptors (Lipinski definition) is 2. The van der Waals surface area contributed by atoms with E-state index < -0.39 is 5.97 Å². The third-order valence-electron chi connectivity index (χ3n) is 3.80. The van der Waals surface area contributed by atoms with Crippen LogP contribution in [0.1, 0.15) is 35.1 Å². The van der Waals surface area contributed by atoms with E-state index in [-0.39, 0.29) is 5.69 Å². The van der Waals surface area contributed by atoms with E-state index in [0.717, 1.165) is 36.2 Å². The van der Waals surface area contributed by atoms with Crippen LogP contribution < -0.4 is 0 Å². The first-order chi connectivity index (χ1) is 9.58.